The van der Waals surface area contributed by atoms with Gasteiger partial charge in [-0.1, -0.05) is 0 Å². The summed E-state index contributed by atoms with van der Waals surface area (Å²) >= 11 is 0. The zero-order valence-corrected chi connectivity index (χ0v) is 9.29. The maximum atomic E-state index is 11.6. The van der Waals surface area contributed by atoms with Gasteiger partial charge in [0.15, 0.2) is 5.60 Å². The minimum absolute atomic E-state index is 0.155. The topological polar surface area (TPSA) is 98.2 Å². The van der Waals surface area contributed by atoms with E-state index in [1.807, 2.05) is 0 Å². The zero-order chi connectivity index (χ0) is 12.5. The van der Waals surface area contributed by atoms with E-state index in [0.29, 0.717) is 12.8 Å². The third-order valence-corrected chi connectivity index (χ3v) is 3.07. The van der Waals surface area contributed by atoms with Gasteiger partial charge in [0.25, 0.3) is 0 Å². The standard InChI is InChI=1S/C10H12N2O5/c1-2-16-9(14)8-6-4-15-5-10(6,8)17-7(13)3-12-11/h3,6,8H,2,4-5H2,1H3. The van der Waals surface area contributed by atoms with Gasteiger partial charge in [-0.3, -0.25) is 4.79 Å². The number of rotatable bonds is 4. The Labute approximate surface area is 97.3 Å². The average molecular weight is 240 g/mol. The van der Waals surface area contributed by atoms with Crippen LogP contribution < -0.4 is 0 Å². The summed E-state index contributed by atoms with van der Waals surface area (Å²) in [6, 6.07) is 0. The molecule has 1 aliphatic heterocycles. The summed E-state index contributed by atoms with van der Waals surface area (Å²) in [5, 5.41) is 0. The molecular weight excluding hydrogens is 228 g/mol. The highest BCUT2D eigenvalue weighted by Gasteiger charge is 2.75. The summed E-state index contributed by atoms with van der Waals surface area (Å²) in [5.74, 6) is -1.80. The molecule has 3 atom stereocenters. The van der Waals surface area contributed by atoms with Gasteiger partial charge in [-0.15, -0.1) is 0 Å². The summed E-state index contributed by atoms with van der Waals surface area (Å²) in [6.45, 7) is 2.54. The van der Waals surface area contributed by atoms with Gasteiger partial charge in [0, 0.05) is 5.92 Å². The summed E-state index contributed by atoms with van der Waals surface area (Å²) < 4.78 is 15.2. The third kappa shape index (κ3) is 1.83. The molecule has 1 saturated heterocycles. The maximum Gasteiger partial charge on any atom is 0.414 e. The summed E-state index contributed by atoms with van der Waals surface area (Å²) in [4.78, 5) is 25.4. The minimum Gasteiger partial charge on any atom is -0.466 e. The van der Waals surface area contributed by atoms with Crippen LogP contribution >= 0.6 is 0 Å². The van der Waals surface area contributed by atoms with Crippen molar-refractivity contribution in [3.05, 3.63) is 5.53 Å². The zero-order valence-electron chi connectivity index (χ0n) is 9.29. The first-order valence-corrected chi connectivity index (χ1v) is 5.30. The van der Waals surface area contributed by atoms with Crippen LogP contribution in [0.3, 0.4) is 0 Å². The SMILES string of the molecule is CCOC(=O)C1C2COCC21OC(=O)C=[N+]=[N-]. The number of hydrogen-bond acceptors (Lipinski definition) is 5. The fourth-order valence-corrected chi connectivity index (χ4v) is 2.30. The molecule has 1 saturated carbocycles. The Hall–Kier alpha value is -1.72. The Balaban J connectivity index is 2.05. The first kappa shape index (κ1) is 11.8. The molecule has 2 aliphatic rings. The Morgan fingerprint density at radius 2 is 2.41 bits per heavy atom. The van der Waals surface area contributed by atoms with E-state index in [0.717, 1.165) is 0 Å². The van der Waals surface area contributed by atoms with Gasteiger partial charge in [0.2, 0.25) is 0 Å². The number of ether oxygens (including phenoxy) is 3. The summed E-state index contributed by atoms with van der Waals surface area (Å²) in [5.41, 5.74) is 7.29. The van der Waals surface area contributed by atoms with Crippen molar-refractivity contribution in [1.82, 2.24) is 0 Å². The average Bonchev–Trinajstić information content (AvgIpc) is 2.68. The van der Waals surface area contributed by atoms with Crippen LogP contribution in [-0.2, 0) is 23.8 Å². The highest BCUT2D eigenvalue weighted by molar-refractivity contribution is 6.20. The predicted octanol–water partition coefficient (Wildman–Crippen LogP) is -0.592. The van der Waals surface area contributed by atoms with Crippen molar-refractivity contribution in [3.63, 3.8) is 0 Å². The normalized spacial score (nSPS) is 33.2. The van der Waals surface area contributed by atoms with Crippen LogP contribution in [0.5, 0.6) is 0 Å². The van der Waals surface area contributed by atoms with Crippen molar-refractivity contribution in [2.24, 2.45) is 11.8 Å². The largest absolute Gasteiger partial charge is 0.466 e. The van der Waals surface area contributed by atoms with Crippen LogP contribution in [0.2, 0.25) is 0 Å². The molecule has 0 amide bonds. The molecule has 2 fully saturated rings. The Morgan fingerprint density at radius 1 is 1.65 bits per heavy atom. The Morgan fingerprint density at radius 3 is 3.06 bits per heavy atom. The fraction of sp³-hybridized carbons (Fsp3) is 0.700. The molecule has 0 spiro atoms. The number of carbonyl (C=O) groups is 2. The second kappa shape index (κ2) is 4.27. The van der Waals surface area contributed by atoms with Crippen molar-refractivity contribution in [3.8, 4) is 0 Å². The number of fused-ring (bicyclic) bond motifs is 1. The van der Waals surface area contributed by atoms with Crippen LogP contribution in [0.25, 0.3) is 5.53 Å². The van der Waals surface area contributed by atoms with Gasteiger partial charge in [-0.2, -0.15) is 4.79 Å². The van der Waals surface area contributed by atoms with Crippen molar-refractivity contribution >= 4 is 18.2 Å². The monoisotopic (exact) mass is 240 g/mol. The van der Waals surface area contributed by atoms with Crippen LogP contribution in [0, 0.1) is 11.8 Å². The molecule has 0 aromatic rings. The second-order valence-corrected chi connectivity index (χ2v) is 3.97. The second-order valence-electron chi connectivity index (χ2n) is 3.97. The van der Waals surface area contributed by atoms with Gasteiger partial charge in [-0.05, 0) is 6.92 Å². The molecule has 92 valence electrons. The van der Waals surface area contributed by atoms with Crippen LogP contribution in [0.4, 0.5) is 0 Å². The lowest BCUT2D eigenvalue weighted by Gasteiger charge is -2.12. The van der Waals surface area contributed by atoms with Crippen molar-refractivity contribution in [2.45, 2.75) is 12.5 Å². The molecule has 1 aliphatic carbocycles. The number of esters is 2. The molecule has 2 rings (SSSR count). The van der Waals surface area contributed by atoms with Crippen molar-refractivity contribution in [1.29, 1.82) is 0 Å². The molecular formula is C10H12N2O5. The van der Waals surface area contributed by atoms with E-state index in [9.17, 15) is 9.59 Å². The van der Waals surface area contributed by atoms with Crippen LogP contribution in [-0.4, -0.2) is 48.4 Å². The quantitative estimate of drug-likeness (QED) is 0.283. The molecule has 17 heavy (non-hydrogen) atoms. The van der Waals surface area contributed by atoms with Crippen molar-refractivity contribution < 1.29 is 28.6 Å². The van der Waals surface area contributed by atoms with Crippen molar-refractivity contribution in [2.75, 3.05) is 19.8 Å². The molecule has 3 unspecified atom stereocenters. The first-order chi connectivity index (χ1) is 8.15. The Kier molecular flexibility index (Phi) is 2.95. The molecule has 0 radical (unpaired) electrons. The van der Waals surface area contributed by atoms with E-state index >= 15 is 0 Å². The van der Waals surface area contributed by atoms with Gasteiger partial charge in [0.05, 0.1) is 19.8 Å². The van der Waals surface area contributed by atoms with E-state index in [-0.39, 0.29) is 25.1 Å². The lowest BCUT2D eigenvalue weighted by molar-refractivity contribution is -0.155. The molecule has 7 nitrogen and oxygen atoms in total. The van der Waals surface area contributed by atoms with E-state index in [1.54, 1.807) is 6.92 Å². The van der Waals surface area contributed by atoms with Gasteiger partial charge >= 0.3 is 18.2 Å². The van der Waals surface area contributed by atoms with E-state index in [1.165, 1.54) is 0 Å². The van der Waals surface area contributed by atoms with E-state index in [4.69, 9.17) is 19.7 Å². The van der Waals surface area contributed by atoms with Gasteiger partial charge in [-0.25, -0.2) is 4.79 Å². The van der Waals surface area contributed by atoms with E-state index in [2.05, 4.69) is 4.79 Å². The number of nitrogens with zero attached hydrogens (tertiary/aromatic N) is 2. The fourth-order valence-electron chi connectivity index (χ4n) is 2.30. The summed E-state index contributed by atoms with van der Waals surface area (Å²) in [6.07, 6.45) is 0.644. The lowest BCUT2D eigenvalue weighted by atomic mass is 10.2. The van der Waals surface area contributed by atoms with Crippen LogP contribution in [0.1, 0.15) is 6.92 Å². The number of hydrogen-bond donors (Lipinski definition) is 0. The highest BCUT2D eigenvalue weighted by atomic mass is 16.6. The Bertz CT molecular complexity index is 404. The highest BCUT2D eigenvalue weighted by Crippen LogP contribution is 2.58. The number of carbonyl (C=O) groups excluding carboxylic acids is 2. The molecule has 0 N–H and O–H groups in total. The van der Waals surface area contributed by atoms with Gasteiger partial charge < -0.3 is 19.7 Å². The maximum absolute atomic E-state index is 11.6. The first-order valence-electron chi connectivity index (χ1n) is 5.30. The predicted molar refractivity (Wildman–Crippen MR) is 52.9 cm³/mol. The molecule has 0 bridgehead atoms. The molecule has 0 aromatic carbocycles. The minimum atomic E-state index is -0.926. The molecule has 1 heterocycles. The van der Waals surface area contributed by atoms with Crippen LogP contribution in [0.15, 0.2) is 0 Å². The van der Waals surface area contributed by atoms with E-state index < -0.39 is 17.5 Å². The van der Waals surface area contributed by atoms with Gasteiger partial charge in [0.1, 0.15) is 5.92 Å². The third-order valence-electron chi connectivity index (χ3n) is 3.07. The summed E-state index contributed by atoms with van der Waals surface area (Å²) in [7, 11) is 0. The smallest absolute Gasteiger partial charge is 0.414 e. The lowest BCUT2D eigenvalue weighted by Crippen LogP contribution is -2.29. The molecule has 7 heteroatoms. The molecule has 0 aromatic heterocycles.